The van der Waals surface area contributed by atoms with E-state index in [2.05, 4.69) is 24.0 Å². The van der Waals surface area contributed by atoms with Crippen molar-refractivity contribution in [3.63, 3.8) is 0 Å². The summed E-state index contributed by atoms with van der Waals surface area (Å²) in [6, 6.07) is 0. The zero-order valence-electron chi connectivity index (χ0n) is 9.71. The molecule has 1 aromatic heterocycles. The standard InChI is InChI=1S/C12H18N2S2/c1-2-13-12(6-7-15-8-12)11-14-9-4-3-5-10(9)16-11/h13H,2-8H2,1H3. The Hall–Kier alpha value is -0.0600. The van der Waals surface area contributed by atoms with Crippen LogP contribution in [0.5, 0.6) is 0 Å². The van der Waals surface area contributed by atoms with Crippen molar-refractivity contribution >= 4 is 23.1 Å². The van der Waals surface area contributed by atoms with E-state index in [0.717, 1.165) is 6.54 Å². The van der Waals surface area contributed by atoms with E-state index in [4.69, 9.17) is 4.98 Å². The smallest absolute Gasteiger partial charge is 0.114 e. The summed E-state index contributed by atoms with van der Waals surface area (Å²) in [6.45, 7) is 3.25. The van der Waals surface area contributed by atoms with Crippen molar-refractivity contribution in [2.24, 2.45) is 0 Å². The summed E-state index contributed by atoms with van der Waals surface area (Å²) in [6.07, 6.45) is 5.04. The summed E-state index contributed by atoms with van der Waals surface area (Å²) >= 11 is 4.03. The molecule has 0 saturated carbocycles. The van der Waals surface area contributed by atoms with Gasteiger partial charge in [0.2, 0.25) is 0 Å². The summed E-state index contributed by atoms with van der Waals surface area (Å²) in [5, 5.41) is 5.05. The number of hydrogen-bond acceptors (Lipinski definition) is 4. The first-order valence-electron chi connectivity index (χ1n) is 6.16. The lowest BCUT2D eigenvalue weighted by Gasteiger charge is -2.26. The summed E-state index contributed by atoms with van der Waals surface area (Å²) < 4.78 is 0. The molecule has 2 nitrogen and oxygen atoms in total. The maximum absolute atomic E-state index is 4.91. The van der Waals surface area contributed by atoms with E-state index in [0.29, 0.717) is 0 Å². The Labute approximate surface area is 105 Å². The monoisotopic (exact) mass is 254 g/mol. The van der Waals surface area contributed by atoms with Gasteiger partial charge in [0.15, 0.2) is 0 Å². The maximum Gasteiger partial charge on any atom is 0.114 e. The topological polar surface area (TPSA) is 24.9 Å². The summed E-state index contributed by atoms with van der Waals surface area (Å²) in [5.74, 6) is 2.48. The molecular weight excluding hydrogens is 236 g/mol. The molecule has 3 rings (SSSR count). The molecule has 1 aromatic rings. The van der Waals surface area contributed by atoms with Crippen molar-refractivity contribution in [3.8, 4) is 0 Å². The number of thioether (sulfide) groups is 1. The Kier molecular flexibility index (Phi) is 2.98. The van der Waals surface area contributed by atoms with Gasteiger partial charge in [-0.1, -0.05) is 6.92 Å². The molecule has 16 heavy (non-hydrogen) atoms. The molecule has 1 aliphatic carbocycles. The third-order valence-electron chi connectivity index (χ3n) is 3.54. The highest BCUT2D eigenvalue weighted by molar-refractivity contribution is 7.99. The molecule has 1 atom stereocenters. The van der Waals surface area contributed by atoms with Crippen LogP contribution < -0.4 is 5.32 Å². The Morgan fingerprint density at radius 1 is 1.44 bits per heavy atom. The number of aromatic nitrogens is 1. The molecule has 2 heterocycles. The number of nitrogens with one attached hydrogen (secondary N) is 1. The van der Waals surface area contributed by atoms with E-state index in [1.54, 1.807) is 4.88 Å². The van der Waals surface area contributed by atoms with E-state index in [1.165, 1.54) is 47.9 Å². The maximum atomic E-state index is 4.91. The minimum absolute atomic E-state index is 0.203. The molecule has 1 saturated heterocycles. The van der Waals surface area contributed by atoms with Crippen LogP contribution in [0.1, 0.15) is 35.3 Å². The van der Waals surface area contributed by atoms with Gasteiger partial charge in [0.25, 0.3) is 0 Å². The predicted molar refractivity (Wildman–Crippen MR) is 71.4 cm³/mol. The zero-order valence-corrected chi connectivity index (χ0v) is 11.3. The van der Waals surface area contributed by atoms with Crippen LogP contribution in [0.3, 0.4) is 0 Å². The SMILES string of the molecule is CCNC1(c2nc3c(s2)CCC3)CCSC1. The van der Waals surface area contributed by atoms with Gasteiger partial charge in [0, 0.05) is 10.6 Å². The van der Waals surface area contributed by atoms with E-state index in [1.807, 2.05) is 11.3 Å². The fraction of sp³-hybridized carbons (Fsp3) is 0.750. The minimum Gasteiger partial charge on any atom is -0.305 e. The highest BCUT2D eigenvalue weighted by Gasteiger charge is 2.39. The van der Waals surface area contributed by atoms with Crippen LogP contribution in [0.4, 0.5) is 0 Å². The lowest BCUT2D eigenvalue weighted by molar-refractivity contribution is 0.384. The first kappa shape index (κ1) is 11.1. The quantitative estimate of drug-likeness (QED) is 0.897. The van der Waals surface area contributed by atoms with Gasteiger partial charge in [-0.15, -0.1) is 11.3 Å². The highest BCUT2D eigenvalue weighted by atomic mass is 32.2. The van der Waals surface area contributed by atoms with Crippen LogP contribution in [0.15, 0.2) is 0 Å². The van der Waals surface area contributed by atoms with Gasteiger partial charge in [-0.3, -0.25) is 0 Å². The third-order valence-corrected chi connectivity index (χ3v) is 6.09. The fourth-order valence-corrected chi connectivity index (χ4v) is 5.49. The van der Waals surface area contributed by atoms with Gasteiger partial charge in [-0.05, 0) is 38.0 Å². The molecule has 0 radical (unpaired) electrons. The first-order chi connectivity index (χ1) is 7.84. The molecule has 0 aromatic carbocycles. The van der Waals surface area contributed by atoms with Crippen LogP contribution in [-0.4, -0.2) is 23.0 Å². The van der Waals surface area contributed by atoms with E-state index in [9.17, 15) is 0 Å². The van der Waals surface area contributed by atoms with Gasteiger partial charge >= 0.3 is 0 Å². The number of aryl methyl sites for hydroxylation is 2. The second-order valence-corrected chi connectivity index (χ2v) is 6.85. The van der Waals surface area contributed by atoms with E-state index in [-0.39, 0.29) is 5.54 Å². The number of hydrogen-bond donors (Lipinski definition) is 1. The van der Waals surface area contributed by atoms with Gasteiger partial charge in [0.1, 0.15) is 5.01 Å². The molecule has 1 fully saturated rings. The lowest BCUT2D eigenvalue weighted by atomic mass is 10.00. The number of rotatable bonds is 3. The van der Waals surface area contributed by atoms with Gasteiger partial charge in [-0.2, -0.15) is 11.8 Å². The largest absolute Gasteiger partial charge is 0.305 e. The molecule has 88 valence electrons. The molecule has 0 spiro atoms. The van der Waals surface area contributed by atoms with Crippen molar-refractivity contribution in [2.75, 3.05) is 18.1 Å². The molecule has 4 heteroatoms. The average Bonchev–Trinajstić information content (AvgIpc) is 2.90. The summed E-state index contributed by atoms with van der Waals surface area (Å²) in [4.78, 5) is 6.47. The Bertz CT molecular complexity index is 359. The molecule has 0 amide bonds. The van der Waals surface area contributed by atoms with Crippen molar-refractivity contribution < 1.29 is 0 Å². The van der Waals surface area contributed by atoms with Crippen LogP contribution in [0.2, 0.25) is 0 Å². The second kappa shape index (κ2) is 4.31. The van der Waals surface area contributed by atoms with Crippen LogP contribution in [0, 0.1) is 0 Å². The van der Waals surface area contributed by atoms with Crippen molar-refractivity contribution in [1.82, 2.24) is 10.3 Å². The minimum atomic E-state index is 0.203. The van der Waals surface area contributed by atoms with Gasteiger partial charge in [-0.25, -0.2) is 4.98 Å². The number of fused-ring (bicyclic) bond motifs is 1. The average molecular weight is 254 g/mol. The van der Waals surface area contributed by atoms with E-state index < -0.39 is 0 Å². The number of nitrogens with zero attached hydrogens (tertiary/aromatic N) is 1. The first-order valence-corrected chi connectivity index (χ1v) is 8.13. The molecular formula is C12H18N2S2. The van der Waals surface area contributed by atoms with Crippen LogP contribution in [0.25, 0.3) is 0 Å². The fourth-order valence-electron chi connectivity index (χ4n) is 2.68. The van der Waals surface area contributed by atoms with E-state index >= 15 is 0 Å². The molecule has 1 aliphatic heterocycles. The molecule has 2 aliphatic rings. The molecule has 1 unspecified atom stereocenters. The molecule has 1 N–H and O–H groups in total. The number of thiazole rings is 1. The Balaban J connectivity index is 1.93. The predicted octanol–water partition coefficient (Wildman–Crippen LogP) is 2.57. The summed E-state index contributed by atoms with van der Waals surface area (Å²) in [5.41, 5.74) is 1.60. The Morgan fingerprint density at radius 2 is 2.38 bits per heavy atom. The normalized spacial score (nSPS) is 28.6. The summed E-state index contributed by atoms with van der Waals surface area (Å²) in [7, 11) is 0. The Morgan fingerprint density at radius 3 is 3.06 bits per heavy atom. The van der Waals surface area contributed by atoms with Crippen LogP contribution >= 0.6 is 23.1 Å². The van der Waals surface area contributed by atoms with Crippen LogP contribution in [-0.2, 0) is 18.4 Å². The zero-order chi connectivity index (χ0) is 11.0. The van der Waals surface area contributed by atoms with Crippen molar-refractivity contribution in [2.45, 2.75) is 38.1 Å². The lowest BCUT2D eigenvalue weighted by Crippen LogP contribution is -2.42. The van der Waals surface area contributed by atoms with Gasteiger partial charge < -0.3 is 5.32 Å². The van der Waals surface area contributed by atoms with Crippen molar-refractivity contribution in [3.05, 3.63) is 15.6 Å². The third kappa shape index (κ3) is 1.71. The second-order valence-electron chi connectivity index (χ2n) is 4.66. The van der Waals surface area contributed by atoms with Gasteiger partial charge in [0.05, 0.1) is 11.2 Å². The highest BCUT2D eigenvalue weighted by Crippen LogP contribution is 2.41. The van der Waals surface area contributed by atoms with Crippen molar-refractivity contribution in [1.29, 1.82) is 0 Å². The molecule has 0 bridgehead atoms.